The van der Waals surface area contributed by atoms with Crippen molar-refractivity contribution in [3.05, 3.63) is 48.3 Å². The average molecular weight is 271 g/mol. The zero-order valence-electron chi connectivity index (χ0n) is 11.5. The SMILES string of the molecule is CCOc1cccc(NC(=O)c2ccc(NC)cn2)c1. The van der Waals surface area contributed by atoms with Crippen LogP contribution in [-0.4, -0.2) is 24.5 Å². The van der Waals surface area contributed by atoms with Crippen molar-refractivity contribution in [2.24, 2.45) is 0 Å². The van der Waals surface area contributed by atoms with E-state index in [1.54, 1.807) is 31.4 Å². The van der Waals surface area contributed by atoms with Crippen LogP contribution in [0.1, 0.15) is 17.4 Å². The molecule has 1 amide bonds. The zero-order chi connectivity index (χ0) is 14.4. The molecule has 1 aromatic heterocycles. The van der Waals surface area contributed by atoms with Gasteiger partial charge in [0.2, 0.25) is 0 Å². The maximum atomic E-state index is 12.0. The molecule has 0 fully saturated rings. The van der Waals surface area contributed by atoms with Crippen LogP contribution in [0.3, 0.4) is 0 Å². The van der Waals surface area contributed by atoms with Gasteiger partial charge in [0.1, 0.15) is 11.4 Å². The molecule has 2 rings (SSSR count). The topological polar surface area (TPSA) is 63.2 Å². The van der Waals surface area contributed by atoms with Gasteiger partial charge >= 0.3 is 0 Å². The summed E-state index contributed by atoms with van der Waals surface area (Å²) in [6, 6.07) is 10.7. The van der Waals surface area contributed by atoms with Crippen molar-refractivity contribution in [2.45, 2.75) is 6.92 Å². The van der Waals surface area contributed by atoms with Crippen LogP contribution in [0.2, 0.25) is 0 Å². The third-order valence-corrected chi connectivity index (χ3v) is 2.69. The lowest BCUT2D eigenvalue weighted by molar-refractivity contribution is 0.102. The Balaban J connectivity index is 2.08. The summed E-state index contributed by atoms with van der Waals surface area (Å²) in [4.78, 5) is 16.1. The molecule has 0 aliphatic rings. The van der Waals surface area contributed by atoms with Gasteiger partial charge in [-0.25, -0.2) is 4.98 Å². The van der Waals surface area contributed by atoms with Crippen LogP contribution in [0, 0.1) is 0 Å². The molecule has 0 saturated carbocycles. The molecule has 1 aromatic carbocycles. The fraction of sp³-hybridized carbons (Fsp3) is 0.200. The smallest absolute Gasteiger partial charge is 0.274 e. The molecule has 1 heterocycles. The van der Waals surface area contributed by atoms with E-state index in [-0.39, 0.29) is 5.91 Å². The quantitative estimate of drug-likeness (QED) is 0.877. The third-order valence-electron chi connectivity index (χ3n) is 2.69. The van der Waals surface area contributed by atoms with Gasteiger partial charge in [0.05, 0.1) is 18.5 Å². The van der Waals surface area contributed by atoms with E-state index < -0.39 is 0 Å². The van der Waals surface area contributed by atoms with Crippen LogP contribution in [0.4, 0.5) is 11.4 Å². The molecule has 0 radical (unpaired) electrons. The predicted molar refractivity (Wildman–Crippen MR) is 79.3 cm³/mol. The minimum Gasteiger partial charge on any atom is -0.494 e. The molecule has 2 N–H and O–H groups in total. The highest BCUT2D eigenvalue weighted by Crippen LogP contribution is 2.18. The highest BCUT2D eigenvalue weighted by atomic mass is 16.5. The summed E-state index contributed by atoms with van der Waals surface area (Å²) in [7, 11) is 1.80. The lowest BCUT2D eigenvalue weighted by Gasteiger charge is -2.08. The van der Waals surface area contributed by atoms with Gasteiger partial charge in [0, 0.05) is 18.8 Å². The fourth-order valence-corrected chi connectivity index (χ4v) is 1.70. The number of rotatable bonds is 5. The van der Waals surface area contributed by atoms with Crippen LogP contribution in [0.5, 0.6) is 5.75 Å². The van der Waals surface area contributed by atoms with Gasteiger partial charge < -0.3 is 15.4 Å². The van der Waals surface area contributed by atoms with Crippen molar-refractivity contribution in [1.29, 1.82) is 0 Å². The minimum atomic E-state index is -0.249. The van der Waals surface area contributed by atoms with Gasteiger partial charge in [0.25, 0.3) is 5.91 Å². The number of amides is 1. The van der Waals surface area contributed by atoms with Gasteiger partial charge in [-0.1, -0.05) is 6.07 Å². The van der Waals surface area contributed by atoms with Gasteiger partial charge in [0.15, 0.2) is 0 Å². The summed E-state index contributed by atoms with van der Waals surface area (Å²) in [6.45, 7) is 2.50. The molecule has 0 spiro atoms. The second-order valence-corrected chi connectivity index (χ2v) is 4.10. The van der Waals surface area contributed by atoms with E-state index >= 15 is 0 Å². The molecule has 20 heavy (non-hydrogen) atoms. The first-order valence-corrected chi connectivity index (χ1v) is 6.41. The number of pyridine rings is 1. The second-order valence-electron chi connectivity index (χ2n) is 4.10. The number of anilines is 2. The van der Waals surface area contributed by atoms with E-state index in [0.29, 0.717) is 18.0 Å². The largest absolute Gasteiger partial charge is 0.494 e. The van der Waals surface area contributed by atoms with E-state index in [4.69, 9.17) is 4.74 Å². The molecule has 0 saturated heterocycles. The number of aromatic nitrogens is 1. The monoisotopic (exact) mass is 271 g/mol. The Kier molecular flexibility index (Phi) is 4.55. The minimum absolute atomic E-state index is 0.249. The maximum absolute atomic E-state index is 12.0. The first-order chi connectivity index (χ1) is 9.72. The van der Waals surface area contributed by atoms with E-state index in [9.17, 15) is 4.79 Å². The Morgan fingerprint density at radius 1 is 1.25 bits per heavy atom. The van der Waals surface area contributed by atoms with Gasteiger partial charge in [-0.3, -0.25) is 4.79 Å². The Labute approximate surface area is 118 Å². The van der Waals surface area contributed by atoms with E-state index in [1.807, 2.05) is 25.1 Å². The summed E-state index contributed by atoms with van der Waals surface area (Å²) in [5.74, 6) is 0.477. The van der Waals surface area contributed by atoms with E-state index in [1.165, 1.54) is 0 Å². The molecule has 0 bridgehead atoms. The average Bonchev–Trinajstić information content (AvgIpc) is 2.48. The molecule has 2 aromatic rings. The van der Waals surface area contributed by atoms with Crippen molar-refractivity contribution in [2.75, 3.05) is 24.3 Å². The number of carbonyl (C=O) groups excluding carboxylic acids is 1. The second kappa shape index (κ2) is 6.56. The van der Waals surface area contributed by atoms with Crippen LogP contribution >= 0.6 is 0 Å². The van der Waals surface area contributed by atoms with Gasteiger partial charge in [-0.2, -0.15) is 0 Å². The van der Waals surface area contributed by atoms with Crippen molar-refractivity contribution in [1.82, 2.24) is 4.98 Å². The molecule has 5 nitrogen and oxygen atoms in total. The number of ether oxygens (including phenoxy) is 1. The van der Waals surface area contributed by atoms with Crippen molar-refractivity contribution < 1.29 is 9.53 Å². The first kappa shape index (κ1) is 13.9. The highest BCUT2D eigenvalue weighted by Gasteiger charge is 2.08. The van der Waals surface area contributed by atoms with Crippen LogP contribution in [-0.2, 0) is 0 Å². The summed E-state index contributed by atoms with van der Waals surface area (Å²) >= 11 is 0. The van der Waals surface area contributed by atoms with Crippen LogP contribution < -0.4 is 15.4 Å². The van der Waals surface area contributed by atoms with Crippen molar-refractivity contribution >= 4 is 17.3 Å². The van der Waals surface area contributed by atoms with Crippen molar-refractivity contribution in [3.63, 3.8) is 0 Å². The number of benzene rings is 1. The maximum Gasteiger partial charge on any atom is 0.274 e. The Morgan fingerprint density at radius 2 is 2.10 bits per heavy atom. The summed E-state index contributed by atoms with van der Waals surface area (Å²) in [5.41, 5.74) is 1.91. The summed E-state index contributed by atoms with van der Waals surface area (Å²) in [6.07, 6.45) is 1.62. The standard InChI is InChI=1S/C15H17N3O2/c1-3-20-13-6-4-5-11(9-13)18-15(19)14-8-7-12(16-2)10-17-14/h4-10,16H,3H2,1-2H3,(H,18,19). The van der Waals surface area contributed by atoms with E-state index in [0.717, 1.165) is 11.4 Å². The van der Waals surface area contributed by atoms with Gasteiger partial charge in [-0.05, 0) is 31.2 Å². The number of hydrogen-bond acceptors (Lipinski definition) is 4. The molecular weight excluding hydrogens is 254 g/mol. The summed E-state index contributed by atoms with van der Waals surface area (Å²) in [5, 5.41) is 5.75. The molecule has 104 valence electrons. The summed E-state index contributed by atoms with van der Waals surface area (Å²) < 4.78 is 5.39. The molecule has 5 heteroatoms. The number of hydrogen-bond donors (Lipinski definition) is 2. The lowest BCUT2D eigenvalue weighted by atomic mass is 10.2. The number of nitrogens with zero attached hydrogens (tertiary/aromatic N) is 1. The normalized spacial score (nSPS) is 9.90. The molecule has 0 unspecified atom stereocenters. The van der Waals surface area contributed by atoms with Crippen LogP contribution in [0.15, 0.2) is 42.6 Å². The van der Waals surface area contributed by atoms with E-state index in [2.05, 4.69) is 15.6 Å². The predicted octanol–water partition coefficient (Wildman–Crippen LogP) is 2.77. The Morgan fingerprint density at radius 3 is 2.75 bits per heavy atom. The van der Waals surface area contributed by atoms with Crippen LogP contribution in [0.25, 0.3) is 0 Å². The Hall–Kier alpha value is -2.56. The first-order valence-electron chi connectivity index (χ1n) is 6.41. The molecule has 0 aliphatic heterocycles. The number of nitrogens with one attached hydrogen (secondary N) is 2. The van der Waals surface area contributed by atoms with Gasteiger partial charge in [-0.15, -0.1) is 0 Å². The highest BCUT2D eigenvalue weighted by molar-refractivity contribution is 6.03. The molecular formula is C15H17N3O2. The Bertz CT molecular complexity index is 582. The third kappa shape index (κ3) is 3.47. The lowest BCUT2D eigenvalue weighted by Crippen LogP contribution is -2.13. The number of carbonyl (C=O) groups is 1. The zero-order valence-corrected chi connectivity index (χ0v) is 11.5. The molecule has 0 atom stereocenters. The fourth-order valence-electron chi connectivity index (χ4n) is 1.70. The van der Waals surface area contributed by atoms with Crippen molar-refractivity contribution in [3.8, 4) is 5.75 Å². The molecule has 0 aliphatic carbocycles.